The van der Waals surface area contributed by atoms with Crippen molar-refractivity contribution < 1.29 is 19.1 Å². The van der Waals surface area contributed by atoms with Crippen molar-refractivity contribution in [3.05, 3.63) is 24.1 Å². The third-order valence-electron chi connectivity index (χ3n) is 3.86. The van der Waals surface area contributed by atoms with Crippen molar-refractivity contribution in [1.82, 2.24) is 10.2 Å². The highest BCUT2D eigenvalue weighted by atomic mass is 16.6. The largest absolute Gasteiger partial charge is 0.499 e. The Bertz CT molecular complexity index is 534. The lowest BCUT2D eigenvalue weighted by molar-refractivity contribution is -0.133. The van der Waals surface area contributed by atoms with Crippen LogP contribution in [0.3, 0.4) is 0 Å². The molecule has 0 aliphatic carbocycles. The lowest BCUT2D eigenvalue weighted by atomic mass is 10.1. The quantitative estimate of drug-likeness (QED) is 0.758. The maximum Gasteiger partial charge on any atom is 0.408 e. The van der Waals surface area contributed by atoms with Gasteiger partial charge in [0.25, 0.3) is 0 Å². The number of alkyl carbamates (subject to hydrolysis) is 1. The molecule has 0 saturated heterocycles. The average molecular weight is 352 g/mol. The molecule has 142 valence electrons. The maximum absolute atomic E-state index is 13.1. The van der Waals surface area contributed by atoms with E-state index in [1.54, 1.807) is 38.9 Å². The van der Waals surface area contributed by atoms with Gasteiger partial charge in [0.15, 0.2) is 0 Å². The number of ether oxygens (including phenoxy) is 2. The van der Waals surface area contributed by atoms with E-state index in [1.165, 1.54) is 0 Å². The van der Waals surface area contributed by atoms with Crippen LogP contribution in [0.4, 0.5) is 4.79 Å². The highest BCUT2D eigenvalue weighted by Gasteiger charge is 2.38. The van der Waals surface area contributed by atoms with Gasteiger partial charge < -0.3 is 19.7 Å². The molecule has 1 heterocycles. The lowest BCUT2D eigenvalue weighted by Crippen LogP contribution is -2.51. The fraction of sp³-hybridized carbons (Fsp3) is 0.684. The van der Waals surface area contributed by atoms with Gasteiger partial charge in [-0.2, -0.15) is 0 Å². The number of hydrogen-bond donors (Lipinski definition) is 1. The van der Waals surface area contributed by atoms with Crippen LogP contribution in [0.1, 0.15) is 60.3 Å². The second-order valence-electron chi connectivity index (χ2n) is 7.24. The average Bonchev–Trinajstić information content (AvgIpc) is 2.80. The molecule has 1 aliphatic rings. The highest BCUT2D eigenvalue weighted by Crippen LogP contribution is 2.30. The summed E-state index contributed by atoms with van der Waals surface area (Å²) in [6.45, 7) is 13.4. The van der Waals surface area contributed by atoms with Crippen molar-refractivity contribution in [2.45, 2.75) is 78.0 Å². The molecule has 0 unspecified atom stereocenters. The number of hydrogen-bond acceptors (Lipinski definition) is 4. The van der Waals surface area contributed by atoms with Crippen LogP contribution in [-0.2, 0) is 14.3 Å². The number of allylic oxidation sites excluding steroid dienone is 1. The van der Waals surface area contributed by atoms with E-state index in [0.29, 0.717) is 12.1 Å². The summed E-state index contributed by atoms with van der Waals surface area (Å²) < 4.78 is 10.7. The van der Waals surface area contributed by atoms with E-state index < -0.39 is 17.7 Å². The van der Waals surface area contributed by atoms with E-state index in [0.717, 1.165) is 25.0 Å². The van der Waals surface area contributed by atoms with Crippen LogP contribution in [0.25, 0.3) is 0 Å². The number of methoxy groups -OCH3 is 1. The second kappa shape index (κ2) is 8.92. The molecule has 0 radical (unpaired) electrons. The second-order valence-corrected chi connectivity index (χ2v) is 7.24. The normalized spacial score (nSPS) is 18.6. The van der Waals surface area contributed by atoms with Crippen molar-refractivity contribution in [2.75, 3.05) is 7.11 Å². The summed E-state index contributed by atoms with van der Waals surface area (Å²) >= 11 is 0. The van der Waals surface area contributed by atoms with Gasteiger partial charge >= 0.3 is 6.09 Å². The lowest BCUT2D eigenvalue weighted by Gasteiger charge is -2.31. The van der Waals surface area contributed by atoms with Crippen molar-refractivity contribution in [3.8, 4) is 0 Å². The van der Waals surface area contributed by atoms with Gasteiger partial charge in [0.1, 0.15) is 17.4 Å². The molecule has 0 aromatic heterocycles. The Hall–Kier alpha value is -1.98. The van der Waals surface area contributed by atoms with Crippen LogP contribution < -0.4 is 5.32 Å². The molecule has 0 aromatic carbocycles. The molecule has 25 heavy (non-hydrogen) atoms. The topological polar surface area (TPSA) is 67.9 Å². The van der Waals surface area contributed by atoms with E-state index in [-0.39, 0.29) is 11.9 Å². The molecule has 2 atom stereocenters. The molecule has 6 nitrogen and oxygen atoms in total. The smallest absolute Gasteiger partial charge is 0.408 e. The van der Waals surface area contributed by atoms with E-state index >= 15 is 0 Å². The molecule has 1 aliphatic heterocycles. The first-order valence-electron chi connectivity index (χ1n) is 8.91. The first-order valence-corrected chi connectivity index (χ1v) is 8.91. The Morgan fingerprint density at radius 1 is 1.32 bits per heavy atom. The SMILES string of the molecule is C=C1C=C(OC)[C@H](CCC)N1C(=O)[C@H](CCC)NC(=O)OC(C)(C)C. The summed E-state index contributed by atoms with van der Waals surface area (Å²) in [5, 5.41) is 2.71. The minimum Gasteiger partial charge on any atom is -0.499 e. The van der Waals surface area contributed by atoms with Gasteiger partial charge in [-0.3, -0.25) is 4.79 Å². The molecular formula is C19H32N2O4. The Morgan fingerprint density at radius 3 is 2.44 bits per heavy atom. The van der Waals surface area contributed by atoms with Crippen LogP contribution in [0.2, 0.25) is 0 Å². The zero-order valence-electron chi connectivity index (χ0n) is 16.3. The van der Waals surface area contributed by atoms with Crippen molar-refractivity contribution in [2.24, 2.45) is 0 Å². The Kier molecular flexibility index (Phi) is 7.52. The molecule has 0 aromatic rings. The number of carbonyl (C=O) groups excluding carboxylic acids is 2. The summed E-state index contributed by atoms with van der Waals surface area (Å²) in [7, 11) is 1.60. The third kappa shape index (κ3) is 5.80. The number of rotatable bonds is 7. The van der Waals surface area contributed by atoms with Crippen LogP contribution in [0.5, 0.6) is 0 Å². The Labute approximate surface area is 151 Å². The first-order chi connectivity index (χ1) is 11.6. The summed E-state index contributed by atoms with van der Waals surface area (Å²) in [4.78, 5) is 26.8. The van der Waals surface area contributed by atoms with Crippen LogP contribution in [0.15, 0.2) is 24.1 Å². The monoisotopic (exact) mass is 352 g/mol. The molecular weight excluding hydrogens is 320 g/mol. The van der Waals surface area contributed by atoms with Crippen LogP contribution in [-0.4, -0.2) is 41.7 Å². The molecule has 0 fully saturated rings. The van der Waals surface area contributed by atoms with E-state index in [2.05, 4.69) is 18.8 Å². The van der Waals surface area contributed by atoms with Gasteiger partial charge in [0.2, 0.25) is 5.91 Å². The van der Waals surface area contributed by atoms with E-state index in [9.17, 15) is 9.59 Å². The molecule has 6 heteroatoms. The predicted molar refractivity (Wildman–Crippen MR) is 97.8 cm³/mol. The molecule has 0 saturated carbocycles. The fourth-order valence-electron chi connectivity index (χ4n) is 2.86. The van der Waals surface area contributed by atoms with Crippen molar-refractivity contribution in [3.63, 3.8) is 0 Å². The summed E-state index contributed by atoms with van der Waals surface area (Å²) in [5.41, 5.74) is -0.0242. The van der Waals surface area contributed by atoms with Gasteiger partial charge in [0, 0.05) is 11.8 Å². The number of nitrogens with zero attached hydrogens (tertiary/aromatic N) is 1. The van der Waals surface area contributed by atoms with E-state index in [4.69, 9.17) is 9.47 Å². The summed E-state index contributed by atoms with van der Waals surface area (Å²) in [5.74, 6) is 0.548. The summed E-state index contributed by atoms with van der Waals surface area (Å²) in [6, 6.07) is -0.824. The standard InChI is InChI=1S/C19H32N2O4/c1-8-10-14(20-18(23)25-19(4,5)6)17(22)21-13(3)12-16(24-7)15(21)11-9-2/h12,14-15H,3,8-11H2,1-2,4-7H3,(H,20,23)/t14-,15-/m0/s1. The minimum atomic E-state index is -0.652. The van der Waals surface area contributed by atoms with Crippen molar-refractivity contribution in [1.29, 1.82) is 0 Å². The van der Waals surface area contributed by atoms with E-state index in [1.807, 2.05) is 6.92 Å². The number of carbonyl (C=O) groups is 2. The van der Waals surface area contributed by atoms with Crippen LogP contribution in [0, 0.1) is 0 Å². The highest BCUT2D eigenvalue weighted by molar-refractivity contribution is 5.88. The third-order valence-corrected chi connectivity index (χ3v) is 3.86. The van der Waals surface area contributed by atoms with Crippen molar-refractivity contribution >= 4 is 12.0 Å². The fourth-order valence-corrected chi connectivity index (χ4v) is 2.86. The van der Waals surface area contributed by atoms with Gasteiger partial charge in [-0.25, -0.2) is 4.79 Å². The zero-order valence-corrected chi connectivity index (χ0v) is 16.3. The number of amides is 2. The Balaban J connectivity index is 2.94. The molecule has 0 bridgehead atoms. The van der Waals surface area contributed by atoms with Gasteiger partial charge in [-0.15, -0.1) is 0 Å². The maximum atomic E-state index is 13.1. The first kappa shape index (κ1) is 21.1. The van der Waals surface area contributed by atoms with Gasteiger partial charge in [0.05, 0.1) is 13.2 Å². The minimum absolute atomic E-state index is 0.171. The summed E-state index contributed by atoms with van der Waals surface area (Å²) in [6.07, 6.45) is 4.17. The Morgan fingerprint density at radius 2 is 1.96 bits per heavy atom. The predicted octanol–water partition coefficient (Wildman–Crippen LogP) is 3.73. The molecule has 1 rings (SSSR count). The van der Waals surface area contributed by atoms with Gasteiger partial charge in [-0.05, 0) is 33.6 Å². The molecule has 1 N–H and O–H groups in total. The number of nitrogens with one attached hydrogen (secondary N) is 1. The van der Waals surface area contributed by atoms with Gasteiger partial charge in [-0.1, -0.05) is 33.3 Å². The molecule has 0 spiro atoms. The molecule has 2 amide bonds. The zero-order chi connectivity index (χ0) is 19.2. The van der Waals surface area contributed by atoms with Crippen LogP contribution >= 0.6 is 0 Å².